The van der Waals surface area contributed by atoms with Crippen molar-refractivity contribution in [1.29, 1.82) is 0 Å². The number of sulfonamides is 1. The topological polar surface area (TPSA) is 105 Å². The van der Waals surface area contributed by atoms with E-state index in [4.69, 9.17) is 5.73 Å². The number of nitrogens with zero attached hydrogens (tertiary/aromatic N) is 2. The van der Waals surface area contributed by atoms with Crippen LogP contribution in [0.15, 0.2) is 63.8 Å². The molecule has 3 aromatic rings. The van der Waals surface area contributed by atoms with Crippen molar-refractivity contribution >= 4 is 43.2 Å². The van der Waals surface area contributed by atoms with Crippen molar-refractivity contribution < 1.29 is 17.6 Å². The molecule has 2 heterocycles. The molecule has 1 aliphatic heterocycles. The number of carbonyl (C=O) groups is 1. The monoisotopic (exact) mass is 446 g/mol. The van der Waals surface area contributed by atoms with E-state index in [1.165, 1.54) is 29.2 Å². The van der Waals surface area contributed by atoms with E-state index < -0.39 is 21.9 Å². The minimum atomic E-state index is -3.91. The van der Waals surface area contributed by atoms with Gasteiger partial charge in [0.15, 0.2) is 0 Å². The van der Waals surface area contributed by atoms with E-state index in [1.807, 2.05) is 30.3 Å². The molecule has 0 unspecified atom stereocenters. The largest absolute Gasteiger partial charge is 0.383 e. The van der Waals surface area contributed by atoms with Crippen LogP contribution in [0.4, 0.5) is 4.39 Å². The summed E-state index contributed by atoms with van der Waals surface area (Å²) in [7, 11) is -3.91. The van der Waals surface area contributed by atoms with Gasteiger partial charge in [-0.2, -0.15) is 4.72 Å². The number of amidine groups is 1. The maximum atomic E-state index is 13.4. The highest BCUT2D eigenvalue weighted by atomic mass is 32.2. The van der Waals surface area contributed by atoms with Gasteiger partial charge in [0.25, 0.3) is 10.0 Å². The molecule has 3 N–H and O–H groups in total. The fraction of sp³-hybridized carbons (Fsp3) is 0.200. The highest BCUT2D eigenvalue weighted by molar-refractivity contribution is 7.91. The Bertz CT molecular complexity index is 1230. The van der Waals surface area contributed by atoms with Crippen LogP contribution in [-0.4, -0.2) is 44.3 Å². The number of aliphatic imine (C=N–C) groups is 1. The molecular weight excluding hydrogens is 427 g/mol. The second-order valence-electron chi connectivity index (χ2n) is 6.86. The van der Waals surface area contributed by atoms with Gasteiger partial charge in [-0.05, 0) is 30.0 Å². The molecule has 7 nitrogen and oxygen atoms in total. The summed E-state index contributed by atoms with van der Waals surface area (Å²) in [5.41, 5.74) is 6.71. The molecule has 1 aromatic heterocycles. The number of fused-ring (bicyclic) bond motifs is 1. The first-order valence-corrected chi connectivity index (χ1v) is 11.5. The van der Waals surface area contributed by atoms with Crippen LogP contribution in [0.5, 0.6) is 0 Å². The standard InChI is InChI=1S/C20H19FN4O3S2/c21-15-7-6-14-10-18(29-17(14)11-15)30(27,28)24-16-8-9-25(20(16)26)12-23-19(22)13-4-2-1-3-5-13/h1-7,10-11,16,24H,8-9,12H2,(H2,22,23)/t16-/m0/s1. The third-order valence-corrected chi connectivity index (χ3v) is 7.84. The van der Waals surface area contributed by atoms with Gasteiger partial charge < -0.3 is 10.6 Å². The SMILES string of the molecule is NC(=NCN1CC[C@H](NS(=O)(=O)c2cc3ccc(F)cc3s2)C1=O)c1ccccc1. The van der Waals surface area contributed by atoms with Gasteiger partial charge in [-0.3, -0.25) is 4.79 Å². The predicted octanol–water partition coefficient (Wildman–Crippen LogP) is 2.28. The molecule has 0 bridgehead atoms. The van der Waals surface area contributed by atoms with E-state index >= 15 is 0 Å². The predicted molar refractivity (Wildman–Crippen MR) is 114 cm³/mol. The van der Waals surface area contributed by atoms with E-state index in [0.29, 0.717) is 28.9 Å². The molecule has 1 fully saturated rings. The van der Waals surface area contributed by atoms with Crippen molar-refractivity contribution in [2.75, 3.05) is 13.2 Å². The first-order valence-electron chi connectivity index (χ1n) is 9.19. The summed E-state index contributed by atoms with van der Waals surface area (Å²) >= 11 is 0.962. The zero-order valence-corrected chi connectivity index (χ0v) is 17.4. The van der Waals surface area contributed by atoms with Crippen LogP contribution in [0.2, 0.25) is 0 Å². The molecule has 1 atom stereocenters. The fourth-order valence-corrected chi connectivity index (χ4v) is 5.87. The minimum absolute atomic E-state index is 0.0423. The second-order valence-corrected chi connectivity index (χ2v) is 9.89. The van der Waals surface area contributed by atoms with Gasteiger partial charge in [0.05, 0.1) is 0 Å². The number of thiophene rings is 1. The third-order valence-electron chi connectivity index (χ3n) is 4.80. The first kappa shape index (κ1) is 20.5. The number of hydrogen-bond acceptors (Lipinski definition) is 5. The maximum Gasteiger partial charge on any atom is 0.250 e. The molecule has 156 valence electrons. The summed E-state index contributed by atoms with van der Waals surface area (Å²) in [6.07, 6.45) is 0.332. The van der Waals surface area contributed by atoms with Crippen molar-refractivity contribution in [3.05, 3.63) is 66.0 Å². The van der Waals surface area contributed by atoms with E-state index in [1.54, 1.807) is 0 Å². The molecule has 1 amide bonds. The van der Waals surface area contributed by atoms with Crippen LogP contribution >= 0.6 is 11.3 Å². The van der Waals surface area contributed by atoms with Crippen LogP contribution in [0.1, 0.15) is 12.0 Å². The molecular formula is C20H19FN4O3S2. The number of hydrogen-bond donors (Lipinski definition) is 2. The molecule has 1 aliphatic rings. The van der Waals surface area contributed by atoms with Crippen LogP contribution < -0.4 is 10.5 Å². The molecule has 4 rings (SSSR count). The van der Waals surface area contributed by atoms with Gasteiger partial charge in [-0.15, -0.1) is 11.3 Å². The molecule has 1 saturated heterocycles. The number of halogens is 1. The Balaban J connectivity index is 1.44. The second kappa shape index (κ2) is 8.13. The van der Waals surface area contributed by atoms with Gasteiger partial charge in [0, 0.05) is 16.8 Å². The zero-order valence-electron chi connectivity index (χ0n) is 15.8. The Morgan fingerprint density at radius 3 is 2.77 bits per heavy atom. The first-order chi connectivity index (χ1) is 14.3. The minimum Gasteiger partial charge on any atom is -0.383 e. The summed E-state index contributed by atoms with van der Waals surface area (Å²) in [6, 6.07) is 13.9. The molecule has 30 heavy (non-hydrogen) atoms. The fourth-order valence-electron chi connectivity index (χ4n) is 3.21. The average Bonchev–Trinajstić information content (AvgIpc) is 3.31. The summed E-state index contributed by atoms with van der Waals surface area (Å²) in [4.78, 5) is 18.3. The lowest BCUT2D eigenvalue weighted by Crippen LogP contribution is -2.41. The Hall–Kier alpha value is -2.82. The lowest BCUT2D eigenvalue weighted by Gasteiger charge is -2.15. The molecule has 0 spiro atoms. The van der Waals surface area contributed by atoms with E-state index in [0.717, 1.165) is 16.9 Å². The number of benzene rings is 2. The van der Waals surface area contributed by atoms with Crippen LogP contribution in [0, 0.1) is 5.82 Å². The van der Waals surface area contributed by atoms with Gasteiger partial charge >= 0.3 is 0 Å². The van der Waals surface area contributed by atoms with Gasteiger partial charge in [0.2, 0.25) is 5.91 Å². The number of carbonyl (C=O) groups excluding carboxylic acids is 1. The Morgan fingerprint density at radius 1 is 1.23 bits per heavy atom. The van der Waals surface area contributed by atoms with Crippen molar-refractivity contribution in [2.45, 2.75) is 16.7 Å². The Labute approximate surface area is 177 Å². The number of amides is 1. The van der Waals surface area contributed by atoms with Crippen molar-refractivity contribution in [3.63, 3.8) is 0 Å². The normalized spacial score (nSPS) is 17.8. The molecule has 0 saturated carbocycles. The molecule has 2 aromatic carbocycles. The van der Waals surface area contributed by atoms with Crippen molar-refractivity contribution in [2.24, 2.45) is 10.7 Å². The summed E-state index contributed by atoms with van der Waals surface area (Å²) in [6.45, 7) is 0.426. The zero-order chi connectivity index (χ0) is 21.3. The van der Waals surface area contributed by atoms with Crippen LogP contribution in [0.25, 0.3) is 10.1 Å². The van der Waals surface area contributed by atoms with E-state index in [2.05, 4.69) is 9.71 Å². The lowest BCUT2D eigenvalue weighted by molar-refractivity contribution is -0.128. The highest BCUT2D eigenvalue weighted by Gasteiger charge is 2.35. The van der Waals surface area contributed by atoms with Crippen molar-refractivity contribution in [3.8, 4) is 0 Å². The number of likely N-dealkylation sites (tertiary alicyclic amines) is 1. The summed E-state index contributed by atoms with van der Waals surface area (Å²) in [5.74, 6) is -0.474. The van der Waals surface area contributed by atoms with Gasteiger partial charge in [0.1, 0.15) is 28.6 Å². The number of nitrogens with one attached hydrogen (secondary N) is 1. The molecule has 10 heteroatoms. The average molecular weight is 447 g/mol. The smallest absolute Gasteiger partial charge is 0.250 e. The van der Waals surface area contributed by atoms with E-state index in [-0.39, 0.29) is 16.8 Å². The van der Waals surface area contributed by atoms with Gasteiger partial charge in [-0.25, -0.2) is 17.8 Å². The van der Waals surface area contributed by atoms with Gasteiger partial charge in [-0.1, -0.05) is 36.4 Å². The Morgan fingerprint density at radius 2 is 2.00 bits per heavy atom. The number of rotatable bonds is 6. The molecule has 0 aliphatic carbocycles. The van der Waals surface area contributed by atoms with Crippen LogP contribution in [-0.2, 0) is 14.8 Å². The van der Waals surface area contributed by atoms with Crippen LogP contribution in [0.3, 0.4) is 0 Å². The van der Waals surface area contributed by atoms with Crippen molar-refractivity contribution in [1.82, 2.24) is 9.62 Å². The Kier molecular flexibility index (Phi) is 5.54. The quantitative estimate of drug-likeness (QED) is 0.448. The maximum absolute atomic E-state index is 13.4. The van der Waals surface area contributed by atoms with E-state index in [9.17, 15) is 17.6 Å². The highest BCUT2D eigenvalue weighted by Crippen LogP contribution is 2.30. The lowest BCUT2D eigenvalue weighted by atomic mass is 10.2. The summed E-state index contributed by atoms with van der Waals surface area (Å²) in [5, 5.41) is 0.631. The number of nitrogens with two attached hydrogens (primary N) is 1. The molecule has 0 radical (unpaired) electrons. The third kappa shape index (κ3) is 4.20. The summed E-state index contributed by atoms with van der Waals surface area (Å²) < 4.78 is 41.9.